The molecule has 0 spiro atoms. The molecule has 1 fully saturated rings. The summed E-state index contributed by atoms with van der Waals surface area (Å²) < 4.78 is 9.77. The van der Waals surface area contributed by atoms with Gasteiger partial charge in [0, 0.05) is 50.9 Å². The molecule has 4 rings (SSSR count). The molecular weight excluding hydrogens is 316 g/mol. The Labute approximate surface area is 146 Å². The maximum atomic E-state index is 5.94. The highest BCUT2D eigenvalue weighted by atomic mass is 16.5. The summed E-state index contributed by atoms with van der Waals surface area (Å²) in [5.74, 6) is 0.430. The number of nitrogens with zero attached hydrogens (tertiary/aromatic N) is 5. The number of pyridine rings is 1. The van der Waals surface area contributed by atoms with Gasteiger partial charge in [-0.2, -0.15) is 10.2 Å². The average Bonchev–Trinajstić information content (AvgIpc) is 3.35. The lowest BCUT2D eigenvalue weighted by molar-refractivity contribution is 0.0866. The summed E-state index contributed by atoms with van der Waals surface area (Å²) in [6.45, 7) is 2.40. The van der Waals surface area contributed by atoms with Gasteiger partial charge in [0.2, 0.25) is 0 Å². The molecule has 0 aliphatic carbocycles. The van der Waals surface area contributed by atoms with Gasteiger partial charge in [0.05, 0.1) is 24.1 Å². The summed E-state index contributed by atoms with van der Waals surface area (Å²) in [7, 11) is 1.96. The molecule has 7 heteroatoms. The normalized spacial score (nSPS) is 20.0. The van der Waals surface area contributed by atoms with Gasteiger partial charge in [-0.1, -0.05) is 0 Å². The topological polar surface area (TPSA) is 69.8 Å². The molecule has 0 aromatic carbocycles. The van der Waals surface area contributed by atoms with E-state index in [4.69, 9.17) is 4.74 Å². The zero-order valence-electron chi connectivity index (χ0n) is 14.2. The van der Waals surface area contributed by atoms with Crippen molar-refractivity contribution in [2.45, 2.75) is 19.1 Å². The monoisotopic (exact) mass is 338 g/mol. The second kappa shape index (κ2) is 7.06. The molecule has 0 amide bonds. The Hall–Kier alpha value is -2.67. The Morgan fingerprint density at radius 3 is 2.88 bits per heavy atom. The molecule has 4 heterocycles. The molecule has 25 heavy (non-hydrogen) atoms. The minimum atomic E-state index is 0.104. The van der Waals surface area contributed by atoms with Crippen LogP contribution in [0.15, 0.2) is 49.2 Å². The summed E-state index contributed by atoms with van der Waals surface area (Å²) in [6, 6.07) is 6.04. The van der Waals surface area contributed by atoms with Gasteiger partial charge < -0.3 is 10.1 Å². The number of aromatic nitrogens is 5. The van der Waals surface area contributed by atoms with Crippen molar-refractivity contribution in [2.24, 2.45) is 13.0 Å². The van der Waals surface area contributed by atoms with Crippen LogP contribution >= 0.6 is 0 Å². The summed E-state index contributed by atoms with van der Waals surface area (Å²) in [6.07, 6.45) is 10.5. The fourth-order valence-electron chi connectivity index (χ4n) is 3.30. The number of nitrogens with one attached hydrogen (secondary N) is 1. The van der Waals surface area contributed by atoms with Gasteiger partial charge in [0.15, 0.2) is 0 Å². The summed E-state index contributed by atoms with van der Waals surface area (Å²) >= 11 is 0. The first kappa shape index (κ1) is 15.8. The number of aryl methyl sites for hydroxylation is 1. The minimum Gasteiger partial charge on any atom is -0.382 e. The third-order valence-electron chi connectivity index (χ3n) is 4.66. The first-order chi connectivity index (χ1) is 12.3. The summed E-state index contributed by atoms with van der Waals surface area (Å²) in [4.78, 5) is 4.04. The van der Waals surface area contributed by atoms with E-state index in [1.165, 1.54) is 5.56 Å². The molecule has 3 aromatic rings. The quantitative estimate of drug-likeness (QED) is 0.746. The first-order valence-electron chi connectivity index (χ1n) is 8.54. The van der Waals surface area contributed by atoms with Crippen LogP contribution in [-0.4, -0.2) is 37.7 Å². The molecule has 3 aromatic heterocycles. The van der Waals surface area contributed by atoms with Gasteiger partial charge in [-0.15, -0.1) is 0 Å². The largest absolute Gasteiger partial charge is 0.382 e. The predicted octanol–water partition coefficient (Wildman–Crippen LogP) is 2.25. The second-order valence-electron chi connectivity index (χ2n) is 6.38. The lowest BCUT2D eigenvalue weighted by Gasteiger charge is -2.19. The molecule has 1 saturated heterocycles. The van der Waals surface area contributed by atoms with E-state index in [0.717, 1.165) is 37.5 Å². The molecule has 0 radical (unpaired) electrons. The molecule has 0 bridgehead atoms. The van der Waals surface area contributed by atoms with E-state index >= 15 is 0 Å². The number of hydrogen-bond acceptors (Lipinski definition) is 5. The highest BCUT2D eigenvalue weighted by Gasteiger charge is 2.31. The second-order valence-corrected chi connectivity index (χ2v) is 6.38. The maximum Gasteiger partial charge on any atom is 0.104 e. The summed E-state index contributed by atoms with van der Waals surface area (Å²) in [5.41, 5.74) is 3.35. The van der Waals surface area contributed by atoms with E-state index in [0.29, 0.717) is 5.92 Å². The Bertz CT molecular complexity index is 812. The van der Waals surface area contributed by atoms with Crippen LogP contribution in [-0.2, 0) is 18.3 Å². The van der Waals surface area contributed by atoms with E-state index < -0.39 is 0 Å². The molecule has 7 nitrogen and oxygen atoms in total. The fourth-order valence-corrected chi connectivity index (χ4v) is 3.30. The standard InChI is InChI=1S/C18H22N6O/c1-23-17(4-8-21-23)18-15(5-9-25-18)10-20-16-11-22-24(13-16)12-14-2-6-19-7-3-14/h2-4,6-8,11,13,15,18,20H,5,9-10,12H2,1H3/t15-,18+/m0/s1. The van der Waals surface area contributed by atoms with Crippen molar-refractivity contribution >= 4 is 5.69 Å². The van der Waals surface area contributed by atoms with E-state index in [2.05, 4.69) is 20.5 Å². The molecule has 1 N–H and O–H groups in total. The fraction of sp³-hybridized carbons (Fsp3) is 0.389. The minimum absolute atomic E-state index is 0.104. The number of hydrogen-bond donors (Lipinski definition) is 1. The average molecular weight is 338 g/mol. The third-order valence-corrected chi connectivity index (χ3v) is 4.66. The maximum absolute atomic E-state index is 5.94. The van der Waals surface area contributed by atoms with Crippen LogP contribution in [0.4, 0.5) is 5.69 Å². The van der Waals surface area contributed by atoms with Crippen molar-refractivity contribution in [1.82, 2.24) is 24.5 Å². The molecule has 0 unspecified atom stereocenters. The van der Waals surface area contributed by atoms with Crippen molar-refractivity contribution in [3.63, 3.8) is 0 Å². The number of anilines is 1. The predicted molar refractivity (Wildman–Crippen MR) is 94.1 cm³/mol. The van der Waals surface area contributed by atoms with Crippen LogP contribution in [0.5, 0.6) is 0 Å². The van der Waals surface area contributed by atoms with Gasteiger partial charge in [-0.3, -0.25) is 14.3 Å². The zero-order chi connectivity index (χ0) is 17.1. The lowest BCUT2D eigenvalue weighted by Crippen LogP contribution is -2.19. The Morgan fingerprint density at radius 1 is 1.20 bits per heavy atom. The molecule has 2 atom stereocenters. The number of ether oxygens (including phenoxy) is 1. The Morgan fingerprint density at radius 2 is 2.08 bits per heavy atom. The van der Waals surface area contributed by atoms with Gasteiger partial charge in [0.1, 0.15) is 6.10 Å². The van der Waals surface area contributed by atoms with E-state index in [1.807, 2.05) is 53.2 Å². The van der Waals surface area contributed by atoms with Crippen LogP contribution < -0.4 is 5.32 Å². The molecule has 0 saturated carbocycles. The van der Waals surface area contributed by atoms with E-state index in [1.54, 1.807) is 12.4 Å². The first-order valence-corrected chi connectivity index (χ1v) is 8.54. The van der Waals surface area contributed by atoms with Crippen LogP contribution in [0.25, 0.3) is 0 Å². The van der Waals surface area contributed by atoms with Crippen LogP contribution in [0, 0.1) is 5.92 Å². The van der Waals surface area contributed by atoms with Crippen molar-refractivity contribution < 1.29 is 4.74 Å². The number of rotatable bonds is 6. The van der Waals surface area contributed by atoms with Gasteiger partial charge in [-0.25, -0.2) is 0 Å². The Balaban J connectivity index is 1.36. The van der Waals surface area contributed by atoms with E-state index in [-0.39, 0.29) is 6.10 Å². The van der Waals surface area contributed by atoms with Gasteiger partial charge in [0.25, 0.3) is 0 Å². The lowest BCUT2D eigenvalue weighted by atomic mass is 9.99. The molecular formula is C18H22N6O. The molecule has 1 aliphatic rings. The van der Waals surface area contributed by atoms with Gasteiger partial charge in [-0.05, 0) is 30.2 Å². The van der Waals surface area contributed by atoms with Crippen LogP contribution in [0.2, 0.25) is 0 Å². The summed E-state index contributed by atoms with van der Waals surface area (Å²) in [5, 5.41) is 12.2. The van der Waals surface area contributed by atoms with Gasteiger partial charge >= 0.3 is 0 Å². The van der Waals surface area contributed by atoms with Crippen molar-refractivity contribution in [2.75, 3.05) is 18.5 Å². The van der Waals surface area contributed by atoms with Crippen molar-refractivity contribution in [3.8, 4) is 0 Å². The smallest absolute Gasteiger partial charge is 0.104 e. The van der Waals surface area contributed by atoms with Crippen LogP contribution in [0.1, 0.15) is 23.8 Å². The van der Waals surface area contributed by atoms with Crippen molar-refractivity contribution in [3.05, 3.63) is 60.4 Å². The zero-order valence-corrected chi connectivity index (χ0v) is 14.2. The third kappa shape index (κ3) is 3.56. The molecule has 130 valence electrons. The van der Waals surface area contributed by atoms with Crippen molar-refractivity contribution in [1.29, 1.82) is 0 Å². The molecule has 1 aliphatic heterocycles. The highest BCUT2D eigenvalue weighted by molar-refractivity contribution is 5.38. The van der Waals surface area contributed by atoms with E-state index in [9.17, 15) is 0 Å². The highest BCUT2D eigenvalue weighted by Crippen LogP contribution is 2.34. The Kier molecular flexibility index (Phi) is 4.47. The SMILES string of the molecule is Cn1nccc1[C@@H]1OCC[C@H]1CNc1cnn(Cc2ccncc2)c1. The van der Waals surface area contributed by atoms with Crippen LogP contribution in [0.3, 0.4) is 0 Å².